The number of hydrogen-bond donors (Lipinski definition) is 4. The van der Waals surface area contributed by atoms with Crippen molar-refractivity contribution in [1.82, 2.24) is 0 Å². The van der Waals surface area contributed by atoms with Gasteiger partial charge in [0.05, 0.1) is 23.7 Å². The van der Waals surface area contributed by atoms with E-state index in [1.807, 2.05) is 18.2 Å². The molecule has 0 aromatic carbocycles. The van der Waals surface area contributed by atoms with E-state index in [2.05, 4.69) is 6.92 Å². The number of aliphatic hydroxyl groups excluding tert-OH is 2. The lowest BCUT2D eigenvalue weighted by molar-refractivity contribution is -0.138. The molecule has 0 aliphatic heterocycles. The van der Waals surface area contributed by atoms with Crippen LogP contribution in [0.15, 0.2) is 24.3 Å². The van der Waals surface area contributed by atoms with Gasteiger partial charge in [-0.25, -0.2) is 0 Å². The van der Waals surface area contributed by atoms with E-state index >= 15 is 0 Å². The van der Waals surface area contributed by atoms with Crippen molar-refractivity contribution in [2.45, 2.75) is 83.0 Å². The van der Waals surface area contributed by atoms with Crippen molar-refractivity contribution in [1.29, 1.82) is 0 Å². The predicted octanol–water partition coefficient (Wildman–Crippen LogP) is 3.29. The zero-order chi connectivity index (χ0) is 20.0. The van der Waals surface area contributed by atoms with Crippen LogP contribution >= 0.6 is 0 Å². The zero-order valence-corrected chi connectivity index (χ0v) is 16.6. The highest BCUT2D eigenvalue weighted by atomic mass is 16.4. The summed E-state index contributed by atoms with van der Waals surface area (Å²) in [6, 6.07) is 0. The maximum Gasteiger partial charge on any atom is 0.306 e. The van der Waals surface area contributed by atoms with Crippen molar-refractivity contribution in [3.05, 3.63) is 24.3 Å². The summed E-state index contributed by atoms with van der Waals surface area (Å²) < 4.78 is 0. The average molecular weight is 381 g/mol. The molecular weight excluding hydrogens is 344 g/mol. The molecule has 0 radical (unpaired) electrons. The van der Waals surface area contributed by atoms with Crippen molar-refractivity contribution in [2.24, 2.45) is 23.7 Å². The average Bonchev–Trinajstić information content (AvgIpc) is 3.31. The third kappa shape index (κ3) is 6.74. The fraction of sp³-hybridized carbons (Fsp3) is 0.773. The molecule has 0 aromatic rings. The first-order chi connectivity index (χ1) is 12.7. The van der Waals surface area contributed by atoms with Crippen molar-refractivity contribution >= 4 is 5.97 Å². The Morgan fingerprint density at radius 1 is 1.11 bits per heavy atom. The molecule has 5 heteroatoms. The summed E-state index contributed by atoms with van der Waals surface area (Å²) in [4.78, 5) is 10.9. The SMILES string of the molecule is CCCCC[C@@](C)(O)/C=C/[C@@H]1[C@@H](C/C=C\C[C@@H]2C[C@H]2C(=O)O)[C@@H](O)C[C@H]1O. The molecule has 2 aliphatic carbocycles. The second-order valence-electron chi connectivity index (χ2n) is 8.67. The second-order valence-corrected chi connectivity index (χ2v) is 8.67. The standard InChI is InChI=1S/C22H36O5/c1-3-4-7-11-22(2,27)12-10-17-16(19(23)14-20(17)24)9-6-5-8-15-13-18(15)21(25)26/h5-6,10,12,15-20,23-24,27H,3-4,7-9,11,13-14H2,1-2H3,(H,25,26)/b6-5-,12-10+/t15-,16-,17-,18-,19+,20-,22-/m1/s1. The maximum absolute atomic E-state index is 10.9. The van der Waals surface area contributed by atoms with E-state index in [0.717, 1.165) is 32.1 Å². The van der Waals surface area contributed by atoms with Crippen LogP contribution in [0.25, 0.3) is 0 Å². The van der Waals surface area contributed by atoms with E-state index in [9.17, 15) is 20.1 Å². The predicted molar refractivity (Wildman–Crippen MR) is 105 cm³/mol. The van der Waals surface area contributed by atoms with Gasteiger partial charge in [-0.05, 0) is 44.4 Å². The van der Waals surface area contributed by atoms with Crippen LogP contribution in [0.1, 0.15) is 65.2 Å². The largest absolute Gasteiger partial charge is 0.481 e. The van der Waals surface area contributed by atoms with Crippen LogP contribution < -0.4 is 0 Å². The lowest BCUT2D eigenvalue weighted by Gasteiger charge is -2.23. The molecule has 0 bridgehead atoms. The molecule has 0 amide bonds. The third-order valence-corrected chi connectivity index (χ3v) is 6.13. The van der Waals surface area contributed by atoms with Crippen LogP contribution in [0.3, 0.4) is 0 Å². The number of rotatable bonds is 11. The van der Waals surface area contributed by atoms with E-state index in [0.29, 0.717) is 19.3 Å². The van der Waals surface area contributed by atoms with Crippen LogP contribution in [0.5, 0.6) is 0 Å². The first-order valence-electron chi connectivity index (χ1n) is 10.4. The van der Waals surface area contributed by atoms with Crippen molar-refractivity contribution < 1.29 is 25.2 Å². The second kappa shape index (κ2) is 9.85. The molecule has 0 aromatic heterocycles. The van der Waals surface area contributed by atoms with E-state index < -0.39 is 23.8 Å². The Hall–Kier alpha value is -1.17. The van der Waals surface area contributed by atoms with Gasteiger partial charge in [0.2, 0.25) is 0 Å². The summed E-state index contributed by atoms with van der Waals surface area (Å²) in [6.45, 7) is 3.92. The zero-order valence-electron chi connectivity index (χ0n) is 16.6. The van der Waals surface area contributed by atoms with Gasteiger partial charge >= 0.3 is 5.97 Å². The minimum absolute atomic E-state index is 0.0755. The third-order valence-electron chi connectivity index (χ3n) is 6.13. The van der Waals surface area contributed by atoms with Crippen LogP contribution in [0.4, 0.5) is 0 Å². The van der Waals surface area contributed by atoms with Crippen LogP contribution in [0, 0.1) is 23.7 Å². The molecule has 0 saturated heterocycles. The molecule has 0 heterocycles. The molecule has 2 saturated carbocycles. The lowest BCUT2D eigenvalue weighted by atomic mass is 9.88. The smallest absolute Gasteiger partial charge is 0.306 e. The Kier molecular flexibility index (Phi) is 8.07. The minimum Gasteiger partial charge on any atom is -0.481 e. The first kappa shape index (κ1) is 22.1. The molecule has 2 rings (SSSR count). The van der Waals surface area contributed by atoms with Gasteiger partial charge in [0.1, 0.15) is 0 Å². The summed E-state index contributed by atoms with van der Waals surface area (Å²) in [7, 11) is 0. The monoisotopic (exact) mass is 380 g/mol. The number of aliphatic carboxylic acids is 1. The van der Waals surface area contributed by atoms with Gasteiger partial charge in [-0.1, -0.05) is 50.5 Å². The lowest BCUT2D eigenvalue weighted by Crippen LogP contribution is -2.24. The molecule has 2 fully saturated rings. The van der Waals surface area contributed by atoms with Gasteiger partial charge in [0, 0.05) is 12.3 Å². The molecule has 0 unspecified atom stereocenters. The summed E-state index contributed by atoms with van der Waals surface area (Å²) in [5.74, 6) is -0.909. The Morgan fingerprint density at radius 3 is 2.44 bits per heavy atom. The van der Waals surface area contributed by atoms with E-state index in [4.69, 9.17) is 5.11 Å². The number of carbonyl (C=O) groups is 1. The quantitative estimate of drug-likeness (QED) is 0.326. The van der Waals surface area contributed by atoms with E-state index in [1.165, 1.54) is 0 Å². The molecule has 0 spiro atoms. The molecule has 5 nitrogen and oxygen atoms in total. The van der Waals surface area contributed by atoms with Crippen LogP contribution in [-0.4, -0.2) is 44.2 Å². The first-order valence-corrected chi connectivity index (χ1v) is 10.4. The molecular formula is C22H36O5. The Bertz CT molecular complexity index is 539. The van der Waals surface area contributed by atoms with Crippen molar-refractivity contribution in [3.8, 4) is 0 Å². The summed E-state index contributed by atoms with van der Waals surface area (Å²) in [5, 5.41) is 40.0. The summed E-state index contributed by atoms with van der Waals surface area (Å²) in [6.07, 6.45) is 12.9. The van der Waals surface area contributed by atoms with Gasteiger partial charge in [-0.15, -0.1) is 0 Å². The highest BCUT2D eigenvalue weighted by molar-refractivity contribution is 5.73. The highest BCUT2D eigenvalue weighted by Crippen LogP contribution is 2.42. The molecule has 154 valence electrons. The van der Waals surface area contributed by atoms with Crippen molar-refractivity contribution in [2.75, 3.05) is 0 Å². The van der Waals surface area contributed by atoms with Crippen molar-refractivity contribution in [3.63, 3.8) is 0 Å². The molecule has 7 atom stereocenters. The number of hydrogen-bond acceptors (Lipinski definition) is 4. The normalized spacial score (nSPS) is 35.7. The fourth-order valence-corrected chi connectivity index (χ4v) is 4.18. The molecule has 4 N–H and O–H groups in total. The highest BCUT2D eigenvalue weighted by Gasteiger charge is 2.42. The Labute approximate surface area is 162 Å². The van der Waals surface area contributed by atoms with Gasteiger partial charge < -0.3 is 20.4 Å². The summed E-state index contributed by atoms with van der Waals surface area (Å²) in [5.41, 5.74) is -0.888. The number of unbranched alkanes of at least 4 members (excludes halogenated alkanes) is 2. The van der Waals surface area contributed by atoms with Gasteiger partial charge in [-0.3, -0.25) is 4.79 Å². The summed E-state index contributed by atoms with van der Waals surface area (Å²) >= 11 is 0. The van der Waals surface area contributed by atoms with Crippen LogP contribution in [0.2, 0.25) is 0 Å². The van der Waals surface area contributed by atoms with Gasteiger partial charge in [-0.2, -0.15) is 0 Å². The number of carboxylic acid groups (broad SMARTS) is 1. The van der Waals surface area contributed by atoms with E-state index in [-0.39, 0.29) is 23.7 Å². The number of carboxylic acids is 1. The molecule has 2 aliphatic rings. The van der Waals surface area contributed by atoms with Gasteiger partial charge in [0.25, 0.3) is 0 Å². The van der Waals surface area contributed by atoms with Crippen LogP contribution in [-0.2, 0) is 4.79 Å². The topological polar surface area (TPSA) is 98.0 Å². The van der Waals surface area contributed by atoms with E-state index in [1.54, 1.807) is 13.0 Å². The minimum atomic E-state index is -0.888. The maximum atomic E-state index is 10.9. The Balaban J connectivity index is 1.86. The molecule has 27 heavy (non-hydrogen) atoms. The van der Waals surface area contributed by atoms with Gasteiger partial charge in [0.15, 0.2) is 0 Å². The fourth-order valence-electron chi connectivity index (χ4n) is 4.18. The number of allylic oxidation sites excluding steroid dienone is 2. The Morgan fingerprint density at radius 2 is 1.81 bits per heavy atom. The number of aliphatic hydroxyl groups is 3.